The first-order chi connectivity index (χ1) is 21.5. The van der Waals surface area contributed by atoms with Crippen molar-refractivity contribution >= 4 is 11.9 Å². The Bertz CT molecular complexity index is 605. The highest BCUT2D eigenvalue weighted by Gasteiger charge is 2.16. The minimum atomic E-state index is -0.761. The first kappa shape index (κ1) is 42.9. The number of carbonyl (C=O) groups is 2. The van der Waals surface area contributed by atoms with Gasteiger partial charge in [0.1, 0.15) is 6.61 Å². The molecule has 0 rings (SSSR count). The number of unbranched alkanes of at least 4 members (excludes halogenated alkanes) is 25. The van der Waals surface area contributed by atoms with Crippen LogP contribution in [0, 0.1) is 5.92 Å². The van der Waals surface area contributed by atoms with Crippen LogP contribution in [-0.2, 0) is 19.1 Å². The van der Waals surface area contributed by atoms with E-state index in [-0.39, 0.29) is 25.2 Å². The summed E-state index contributed by atoms with van der Waals surface area (Å²) in [7, 11) is 0. The molecule has 44 heavy (non-hydrogen) atoms. The van der Waals surface area contributed by atoms with Crippen molar-refractivity contribution in [1.82, 2.24) is 0 Å². The van der Waals surface area contributed by atoms with Crippen LogP contribution in [-0.4, -0.2) is 36.4 Å². The maximum atomic E-state index is 12.2. The molecular weight excluding hydrogens is 548 g/mol. The fraction of sp³-hybridized carbons (Fsp3) is 0.949. The SMILES string of the molecule is CCCCCCCCCCCCCCCCCCCC(=O)O[C@@H](CO)COC(=O)CCCCCCCCCCCCC(C)C. The molecule has 0 aromatic heterocycles. The van der Waals surface area contributed by atoms with Gasteiger partial charge in [-0.3, -0.25) is 9.59 Å². The molecular formula is C39H76O5. The number of ether oxygens (including phenoxy) is 2. The molecule has 0 radical (unpaired) electrons. The van der Waals surface area contributed by atoms with Crippen molar-refractivity contribution in [3.63, 3.8) is 0 Å². The van der Waals surface area contributed by atoms with Gasteiger partial charge in [-0.1, -0.05) is 188 Å². The van der Waals surface area contributed by atoms with Gasteiger partial charge in [0, 0.05) is 12.8 Å². The van der Waals surface area contributed by atoms with Crippen molar-refractivity contribution in [2.45, 2.75) is 219 Å². The highest BCUT2D eigenvalue weighted by Crippen LogP contribution is 2.16. The largest absolute Gasteiger partial charge is 0.462 e. The van der Waals surface area contributed by atoms with Crippen molar-refractivity contribution in [2.24, 2.45) is 5.92 Å². The minimum absolute atomic E-state index is 0.0582. The Morgan fingerprint density at radius 1 is 0.500 bits per heavy atom. The number of aliphatic hydroxyl groups excluding tert-OH is 1. The molecule has 0 spiro atoms. The normalized spacial score (nSPS) is 12.1. The van der Waals surface area contributed by atoms with E-state index in [4.69, 9.17) is 9.47 Å². The summed E-state index contributed by atoms with van der Waals surface area (Å²) in [6.45, 7) is 6.49. The number of hydrogen-bond donors (Lipinski definition) is 1. The van der Waals surface area contributed by atoms with Crippen molar-refractivity contribution in [2.75, 3.05) is 13.2 Å². The van der Waals surface area contributed by atoms with E-state index in [0.29, 0.717) is 12.8 Å². The van der Waals surface area contributed by atoms with Crippen LogP contribution in [0.25, 0.3) is 0 Å². The molecule has 0 unspecified atom stereocenters. The zero-order valence-electron chi connectivity index (χ0n) is 29.9. The first-order valence-electron chi connectivity index (χ1n) is 19.5. The fourth-order valence-corrected chi connectivity index (χ4v) is 5.86. The number of carbonyl (C=O) groups excluding carboxylic acids is 2. The second-order valence-electron chi connectivity index (χ2n) is 13.9. The molecule has 1 atom stereocenters. The number of rotatable bonds is 35. The quantitative estimate of drug-likeness (QED) is 0.0561. The molecule has 0 aromatic rings. The molecule has 0 saturated carbocycles. The molecule has 0 amide bonds. The van der Waals surface area contributed by atoms with Crippen LogP contribution in [0.4, 0.5) is 0 Å². The van der Waals surface area contributed by atoms with Gasteiger partial charge in [0.05, 0.1) is 6.61 Å². The predicted octanol–water partition coefficient (Wildman–Crippen LogP) is 11.8. The van der Waals surface area contributed by atoms with E-state index in [1.165, 1.54) is 141 Å². The zero-order valence-corrected chi connectivity index (χ0v) is 29.9. The van der Waals surface area contributed by atoms with Gasteiger partial charge in [-0.25, -0.2) is 0 Å². The van der Waals surface area contributed by atoms with Crippen LogP contribution in [0.3, 0.4) is 0 Å². The van der Waals surface area contributed by atoms with Gasteiger partial charge >= 0.3 is 11.9 Å². The molecule has 0 aliphatic carbocycles. The average molecular weight is 625 g/mol. The van der Waals surface area contributed by atoms with Crippen molar-refractivity contribution in [3.8, 4) is 0 Å². The van der Waals surface area contributed by atoms with Gasteiger partial charge in [0.25, 0.3) is 0 Å². The van der Waals surface area contributed by atoms with Crippen LogP contribution < -0.4 is 0 Å². The third-order valence-corrected chi connectivity index (χ3v) is 8.83. The number of hydrogen-bond acceptors (Lipinski definition) is 5. The molecule has 0 aromatic carbocycles. The first-order valence-corrected chi connectivity index (χ1v) is 19.5. The van der Waals surface area contributed by atoms with Crippen LogP contribution in [0.1, 0.15) is 213 Å². The Kier molecular flexibility index (Phi) is 33.9. The Morgan fingerprint density at radius 2 is 0.841 bits per heavy atom. The summed E-state index contributed by atoms with van der Waals surface area (Å²) in [6.07, 6.45) is 35.9. The predicted molar refractivity (Wildman–Crippen MR) is 187 cm³/mol. The smallest absolute Gasteiger partial charge is 0.306 e. The van der Waals surface area contributed by atoms with Crippen LogP contribution in [0.5, 0.6) is 0 Å². The van der Waals surface area contributed by atoms with Crippen molar-refractivity contribution < 1.29 is 24.2 Å². The standard InChI is InChI=1S/C39H76O5/c1-4-5-6-7-8-9-10-11-12-13-14-15-16-21-24-27-30-33-39(42)44-37(34-40)35-43-38(41)32-29-26-23-20-18-17-19-22-25-28-31-36(2)3/h36-37,40H,4-35H2,1-3H3/t37-/m0/s1. The van der Waals surface area contributed by atoms with Crippen molar-refractivity contribution in [3.05, 3.63) is 0 Å². The summed E-state index contributed by atoms with van der Waals surface area (Å²) >= 11 is 0. The molecule has 0 bridgehead atoms. The Labute approximate surface area is 274 Å². The monoisotopic (exact) mass is 625 g/mol. The second kappa shape index (κ2) is 34.8. The van der Waals surface area contributed by atoms with Crippen molar-refractivity contribution in [1.29, 1.82) is 0 Å². The van der Waals surface area contributed by atoms with Gasteiger partial charge in [0.15, 0.2) is 6.10 Å². The molecule has 5 heteroatoms. The molecule has 5 nitrogen and oxygen atoms in total. The summed E-state index contributed by atoms with van der Waals surface area (Å²) in [5.74, 6) is 0.250. The van der Waals surface area contributed by atoms with Gasteiger partial charge in [0.2, 0.25) is 0 Å². The van der Waals surface area contributed by atoms with E-state index < -0.39 is 6.10 Å². The molecule has 1 N–H and O–H groups in total. The molecule has 0 aliphatic rings. The molecule has 0 fully saturated rings. The summed E-state index contributed by atoms with van der Waals surface area (Å²) in [5, 5.41) is 9.54. The van der Waals surface area contributed by atoms with Crippen LogP contribution in [0.15, 0.2) is 0 Å². The highest BCUT2D eigenvalue weighted by atomic mass is 16.6. The summed E-state index contributed by atoms with van der Waals surface area (Å²) in [5.41, 5.74) is 0. The van der Waals surface area contributed by atoms with Gasteiger partial charge in [-0.05, 0) is 18.8 Å². The van der Waals surface area contributed by atoms with Gasteiger partial charge in [-0.15, -0.1) is 0 Å². The average Bonchev–Trinajstić information content (AvgIpc) is 3.01. The Morgan fingerprint density at radius 3 is 1.20 bits per heavy atom. The van der Waals surface area contributed by atoms with E-state index in [0.717, 1.165) is 44.4 Å². The van der Waals surface area contributed by atoms with E-state index >= 15 is 0 Å². The van der Waals surface area contributed by atoms with Gasteiger partial charge in [-0.2, -0.15) is 0 Å². The van der Waals surface area contributed by atoms with E-state index in [1.54, 1.807) is 0 Å². The lowest BCUT2D eigenvalue weighted by atomic mass is 10.0. The topological polar surface area (TPSA) is 72.8 Å². The lowest BCUT2D eigenvalue weighted by Gasteiger charge is -2.15. The lowest BCUT2D eigenvalue weighted by molar-refractivity contribution is -0.161. The fourth-order valence-electron chi connectivity index (χ4n) is 5.86. The summed E-state index contributed by atoms with van der Waals surface area (Å²) in [6, 6.07) is 0. The summed E-state index contributed by atoms with van der Waals surface area (Å²) < 4.78 is 10.6. The number of aliphatic hydroxyl groups is 1. The van der Waals surface area contributed by atoms with E-state index in [9.17, 15) is 14.7 Å². The molecule has 262 valence electrons. The third-order valence-electron chi connectivity index (χ3n) is 8.83. The maximum absolute atomic E-state index is 12.2. The van der Waals surface area contributed by atoms with E-state index in [2.05, 4.69) is 20.8 Å². The lowest BCUT2D eigenvalue weighted by Crippen LogP contribution is -2.28. The number of esters is 2. The Hall–Kier alpha value is -1.10. The van der Waals surface area contributed by atoms with E-state index in [1.807, 2.05) is 0 Å². The maximum Gasteiger partial charge on any atom is 0.306 e. The summed E-state index contributed by atoms with van der Waals surface area (Å²) in [4.78, 5) is 24.2. The molecule has 0 aliphatic heterocycles. The third kappa shape index (κ3) is 33.8. The zero-order chi connectivity index (χ0) is 32.4. The molecule has 0 heterocycles. The Balaban J connectivity index is 3.50. The van der Waals surface area contributed by atoms with Crippen LogP contribution in [0.2, 0.25) is 0 Å². The second-order valence-corrected chi connectivity index (χ2v) is 13.9. The van der Waals surface area contributed by atoms with Crippen LogP contribution >= 0.6 is 0 Å². The highest BCUT2D eigenvalue weighted by molar-refractivity contribution is 5.70. The minimum Gasteiger partial charge on any atom is -0.462 e. The molecule has 0 saturated heterocycles. The van der Waals surface area contributed by atoms with Gasteiger partial charge < -0.3 is 14.6 Å².